The molecule has 1 amide bonds. The van der Waals surface area contributed by atoms with E-state index in [0.717, 1.165) is 22.5 Å². The summed E-state index contributed by atoms with van der Waals surface area (Å²) in [5, 5.41) is 8.68. The highest BCUT2D eigenvalue weighted by Crippen LogP contribution is 2.38. The topological polar surface area (TPSA) is 63.3 Å². The van der Waals surface area contributed by atoms with E-state index in [1.54, 1.807) is 15.8 Å². The van der Waals surface area contributed by atoms with Crippen molar-refractivity contribution in [2.24, 2.45) is 0 Å². The van der Waals surface area contributed by atoms with Gasteiger partial charge >= 0.3 is 0 Å². The van der Waals surface area contributed by atoms with Gasteiger partial charge in [0.15, 0.2) is 0 Å². The van der Waals surface area contributed by atoms with Gasteiger partial charge in [-0.1, -0.05) is 54.1 Å². The SMILES string of the molecule is Cc1nn(Cc2ccccc2)c(Cl)c1[C@@H]1Nc2ccccc2C(=O)N1Cc1ccco1. The summed E-state index contributed by atoms with van der Waals surface area (Å²) in [6, 6.07) is 21.2. The highest BCUT2D eigenvalue weighted by molar-refractivity contribution is 6.30. The summed E-state index contributed by atoms with van der Waals surface area (Å²) in [5.41, 5.74) is 4.06. The van der Waals surface area contributed by atoms with Crippen LogP contribution in [0.25, 0.3) is 0 Å². The summed E-state index contributed by atoms with van der Waals surface area (Å²) < 4.78 is 7.30. The molecule has 0 saturated heterocycles. The third-order valence-electron chi connectivity index (χ3n) is 5.49. The number of hydrogen-bond donors (Lipinski definition) is 1. The lowest BCUT2D eigenvalue weighted by atomic mass is 10.0. The number of benzene rings is 2. The van der Waals surface area contributed by atoms with Crippen LogP contribution in [-0.4, -0.2) is 20.6 Å². The van der Waals surface area contributed by atoms with E-state index in [0.29, 0.717) is 29.6 Å². The number of amides is 1. The van der Waals surface area contributed by atoms with E-state index in [-0.39, 0.29) is 5.91 Å². The Morgan fingerprint density at radius 3 is 2.58 bits per heavy atom. The van der Waals surface area contributed by atoms with E-state index < -0.39 is 6.17 Å². The fourth-order valence-corrected chi connectivity index (χ4v) is 4.33. The fourth-order valence-electron chi connectivity index (χ4n) is 3.99. The highest BCUT2D eigenvalue weighted by Gasteiger charge is 2.36. The molecule has 4 aromatic rings. The van der Waals surface area contributed by atoms with Crippen LogP contribution < -0.4 is 5.32 Å². The molecule has 0 spiro atoms. The average Bonchev–Trinajstić information content (AvgIpc) is 3.39. The number of carbonyl (C=O) groups is 1. The van der Waals surface area contributed by atoms with Gasteiger partial charge in [-0.15, -0.1) is 0 Å². The molecule has 2 aromatic heterocycles. The molecular formula is C24H21ClN4O2. The molecule has 31 heavy (non-hydrogen) atoms. The number of furan rings is 1. The van der Waals surface area contributed by atoms with Crippen LogP contribution in [0.2, 0.25) is 5.15 Å². The fraction of sp³-hybridized carbons (Fsp3) is 0.167. The quantitative estimate of drug-likeness (QED) is 0.467. The monoisotopic (exact) mass is 432 g/mol. The predicted octanol–water partition coefficient (Wildman–Crippen LogP) is 5.25. The number of nitrogens with one attached hydrogen (secondary N) is 1. The molecule has 0 unspecified atom stereocenters. The highest BCUT2D eigenvalue weighted by atomic mass is 35.5. The molecule has 1 aliphatic rings. The summed E-state index contributed by atoms with van der Waals surface area (Å²) in [4.78, 5) is 15.2. The zero-order valence-corrected chi connectivity index (χ0v) is 17.7. The van der Waals surface area contributed by atoms with Crippen LogP contribution in [-0.2, 0) is 13.1 Å². The Labute approximate surface area is 185 Å². The molecule has 2 aromatic carbocycles. The Morgan fingerprint density at radius 1 is 1.03 bits per heavy atom. The van der Waals surface area contributed by atoms with Crippen molar-refractivity contribution in [3.05, 3.63) is 106 Å². The lowest BCUT2D eigenvalue weighted by Gasteiger charge is -2.37. The maximum absolute atomic E-state index is 13.4. The zero-order chi connectivity index (χ0) is 21.4. The van der Waals surface area contributed by atoms with Crippen molar-refractivity contribution < 1.29 is 9.21 Å². The molecule has 0 bridgehead atoms. The van der Waals surface area contributed by atoms with Crippen molar-refractivity contribution >= 4 is 23.2 Å². The van der Waals surface area contributed by atoms with Crippen molar-refractivity contribution in [3.63, 3.8) is 0 Å². The van der Waals surface area contributed by atoms with Crippen LogP contribution >= 0.6 is 11.6 Å². The summed E-state index contributed by atoms with van der Waals surface area (Å²) in [5.74, 6) is 0.618. The maximum atomic E-state index is 13.4. The Bertz CT molecular complexity index is 1220. The molecular weight excluding hydrogens is 412 g/mol. The van der Waals surface area contributed by atoms with Crippen LogP contribution in [0.3, 0.4) is 0 Å². The molecule has 0 fully saturated rings. The molecule has 7 heteroatoms. The van der Waals surface area contributed by atoms with Gasteiger partial charge in [0.1, 0.15) is 17.1 Å². The molecule has 6 nitrogen and oxygen atoms in total. The zero-order valence-electron chi connectivity index (χ0n) is 17.0. The Hall–Kier alpha value is -3.51. The van der Waals surface area contributed by atoms with E-state index in [4.69, 9.17) is 16.0 Å². The molecule has 5 rings (SSSR count). The molecule has 0 radical (unpaired) electrons. The minimum Gasteiger partial charge on any atom is -0.467 e. The Kier molecular flexibility index (Phi) is 5.00. The number of para-hydroxylation sites is 1. The summed E-state index contributed by atoms with van der Waals surface area (Å²) >= 11 is 6.83. The lowest BCUT2D eigenvalue weighted by molar-refractivity contribution is 0.0651. The van der Waals surface area contributed by atoms with Crippen molar-refractivity contribution in [2.75, 3.05) is 5.32 Å². The smallest absolute Gasteiger partial charge is 0.258 e. The van der Waals surface area contributed by atoms with Crippen LogP contribution in [0, 0.1) is 6.92 Å². The number of aryl methyl sites for hydroxylation is 1. The Morgan fingerprint density at radius 2 is 1.81 bits per heavy atom. The van der Waals surface area contributed by atoms with Crippen LogP contribution in [0.1, 0.15) is 39.1 Å². The first-order chi connectivity index (χ1) is 15.1. The third kappa shape index (κ3) is 3.59. The van der Waals surface area contributed by atoms with E-state index in [9.17, 15) is 4.79 Å². The first kappa shape index (κ1) is 19.5. The second-order valence-corrected chi connectivity index (χ2v) is 7.90. The molecule has 156 valence electrons. The van der Waals surface area contributed by atoms with Gasteiger partial charge < -0.3 is 14.6 Å². The maximum Gasteiger partial charge on any atom is 0.258 e. The van der Waals surface area contributed by atoms with Gasteiger partial charge in [-0.05, 0) is 36.8 Å². The van der Waals surface area contributed by atoms with Crippen molar-refractivity contribution in [3.8, 4) is 0 Å². The molecule has 0 aliphatic carbocycles. The number of hydrogen-bond acceptors (Lipinski definition) is 4. The van der Waals surface area contributed by atoms with Crippen molar-refractivity contribution in [1.82, 2.24) is 14.7 Å². The largest absolute Gasteiger partial charge is 0.467 e. The van der Waals surface area contributed by atoms with Gasteiger partial charge in [-0.2, -0.15) is 5.10 Å². The number of carbonyl (C=O) groups excluding carboxylic acids is 1. The second kappa shape index (κ2) is 7.96. The summed E-state index contributed by atoms with van der Waals surface area (Å²) in [6.45, 7) is 2.79. The number of aromatic nitrogens is 2. The van der Waals surface area contributed by atoms with E-state index in [1.807, 2.05) is 73.7 Å². The van der Waals surface area contributed by atoms with Crippen molar-refractivity contribution in [2.45, 2.75) is 26.2 Å². The molecule has 1 atom stereocenters. The van der Waals surface area contributed by atoms with Crippen LogP contribution in [0.4, 0.5) is 5.69 Å². The minimum absolute atomic E-state index is 0.0815. The predicted molar refractivity (Wildman–Crippen MR) is 119 cm³/mol. The number of fused-ring (bicyclic) bond motifs is 1. The summed E-state index contributed by atoms with van der Waals surface area (Å²) in [6.07, 6.45) is 1.14. The average molecular weight is 433 g/mol. The van der Waals surface area contributed by atoms with Gasteiger partial charge in [0, 0.05) is 5.69 Å². The van der Waals surface area contributed by atoms with Crippen LogP contribution in [0.5, 0.6) is 0 Å². The van der Waals surface area contributed by atoms with Crippen molar-refractivity contribution in [1.29, 1.82) is 0 Å². The first-order valence-corrected chi connectivity index (χ1v) is 10.5. The molecule has 0 saturated carbocycles. The lowest BCUT2D eigenvalue weighted by Crippen LogP contribution is -2.42. The standard InChI is InChI=1S/C24H21ClN4O2/c1-16-21(22(25)29(27-16)14-17-8-3-2-4-9-17)23-26-20-12-6-5-11-19(20)24(30)28(23)15-18-10-7-13-31-18/h2-13,23,26H,14-15H2,1H3/t23-/m1/s1. The van der Waals surface area contributed by atoms with E-state index >= 15 is 0 Å². The number of anilines is 1. The van der Waals surface area contributed by atoms with Crippen LogP contribution in [0.15, 0.2) is 77.4 Å². The van der Waals surface area contributed by atoms with Gasteiger partial charge in [0.2, 0.25) is 0 Å². The van der Waals surface area contributed by atoms with E-state index in [2.05, 4.69) is 10.4 Å². The number of nitrogens with zero attached hydrogens (tertiary/aromatic N) is 3. The first-order valence-electron chi connectivity index (χ1n) is 10.1. The molecule has 3 heterocycles. The second-order valence-electron chi connectivity index (χ2n) is 7.54. The van der Waals surface area contributed by atoms with Gasteiger partial charge in [-0.3, -0.25) is 4.79 Å². The molecule has 1 aliphatic heterocycles. The third-order valence-corrected chi connectivity index (χ3v) is 5.89. The van der Waals surface area contributed by atoms with Gasteiger partial charge in [-0.25, -0.2) is 4.68 Å². The molecule has 1 N–H and O–H groups in total. The minimum atomic E-state index is -0.468. The number of halogens is 1. The summed E-state index contributed by atoms with van der Waals surface area (Å²) in [7, 11) is 0. The number of rotatable bonds is 5. The van der Waals surface area contributed by atoms with Gasteiger partial charge in [0.25, 0.3) is 5.91 Å². The normalized spacial score (nSPS) is 15.6. The van der Waals surface area contributed by atoms with E-state index in [1.165, 1.54) is 0 Å². The Balaban J connectivity index is 1.56. The van der Waals surface area contributed by atoms with Gasteiger partial charge in [0.05, 0.1) is 36.2 Å².